The summed E-state index contributed by atoms with van der Waals surface area (Å²) in [5.74, 6) is 0.484. The molecule has 5 heteroatoms. The predicted molar refractivity (Wildman–Crippen MR) is 85.8 cm³/mol. The molecule has 0 aliphatic rings. The van der Waals surface area contributed by atoms with Gasteiger partial charge in [0.2, 0.25) is 0 Å². The summed E-state index contributed by atoms with van der Waals surface area (Å²) in [6, 6.07) is 8.38. The summed E-state index contributed by atoms with van der Waals surface area (Å²) in [4.78, 5) is 17.6. The summed E-state index contributed by atoms with van der Waals surface area (Å²) in [6.45, 7) is 4.37. The molecule has 0 fully saturated rings. The van der Waals surface area contributed by atoms with E-state index in [-0.39, 0.29) is 12.5 Å². The molecule has 21 heavy (non-hydrogen) atoms. The van der Waals surface area contributed by atoms with Crippen LogP contribution in [0.4, 0.5) is 11.5 Å². The maximum atomic E-state index is 11.4. The van der Waals surface area contributed by atoms with E-state index < -0.39 is 0 Å². The average molecular weight is 287 g/mol. The SMILES string of the molecule is COC(=O)CN(C)c1nccc2c(NC(C)C)cccc12. The fraction of sp³-hybridized carbons (Fsp3) is 0.375. The van der Waals surface area contributed by atoms with Gasteiger partial charge >= 0.3 is 5.97 Å². The number of carbonyl (C=O) groups is 1. The number of nitrogens with zero attached hydrogens (tertiary/aromatic N) is 2. The molecule has 5 nitrogen and oxygen atoms in total. The Morgan fingerprint density at radius 1 is 1.33 bits per heavy atom. The molecule has 0 atom stereocenters. The minimum Gasteiger partial charge on any atom is -0.468 e. The minimum atomic E-state index is -0.284. The summed E-state index contributed by atoms with van der Waals surface area (Å²) >= 11 is 0. The Kier molecular flexibility index (Phi) is 4.62. The quantitative estimate of drug-likeness (QED) is 0.857. The van der Waals surface area contributed by atoms with E-state index in [1.54, 1.807) is 11.1 Å². The number of fused-ring (bicyclic) bond motifs is 1. The van der Waals surface area contributed by atoms with Crippen molar-refractivity contribution in [3.63, 3.8) is 0 Å². The number of likely N-dealkylation sites (N-methyl/N-ethyl adjacent to an activating group) is 1. The number of carbonyl (C=O) groups excluding carboxylic acids is 1. The van der Waals surface area contributed by atoms with Crippen molar-refractivity contribution in [2.45, 2.75) is 19.9 Å². The number of anilines is 2. The van der Waals surface area contributed by atoms with Crippen LogP contribution in [-0.2, 0) is 9.53 Å². The molecule has 1 heterocycles. The molecule has 2 aromatic rings. The molecule has 0 amide bonds. The van der Waals surface area contributed by atoms with Gasteiger partial charge in [-0.3, -0.25) is 4.79 Å². The van der Waals surface area contributed by atoms with Crippen molar-refractivity contribution in [2.75, 3.05) is 30.9 Å². The number of nitrogens with one attached hydrogen (secondary N) is 1. The van der Waals surface area contributed by atoms with Gasteiger partial charge in [0.15, 0.2) is 0 Å². The monoisotopic (exact) mass is 287 g/mol. The molecule has 0 saturated heterocycles. The van der Waals surface area contributed by atoms with Gasteiger partial charge < -0.3 is 15.0 Å². The lowest BCUT2D eigenvalue weighted by Crippen LogP contribution is -2.27. The van der Waals surface area contributed by atoms with Crippen LogP contribution in [0.2, 0.25) is 0 Å². The number of methoxy groups -OCH3 is 1. The minimum absolute atomic E-state index is 0.171. The van der Waals surface area contributed by atoms with Crippen LogP contribution >= 0.6 is 0 Å². The van der Waals surface area contributed by atoms with Crippen LogP contribution in [0.15, 0.2) is 30.5 Å². The van der Waals surface area contributed by atoms with Crippen LogP contribution in [0.5, 0.6) is 0 Å². The van der Waals surface area contributed by atoms with Gasteiger partial charge in [-0.15, -0.1) is 0 Å². The van der Waals surface area contributed by atoms with Crippen LogP contribution in [0, 0.1) is 0 Å². The molecule has 1 N–H and O–H groups in total. The zero-order valence-corrected chi connectivity index (χ0v) is 12.9. The number of esters is 1. The molecule has 0 saturated carbocycles. The summed E-state index contributed by atoms with van der Waals surface area (Å²) in [5.41, 5.74) is 1.07. The standard InChI is InChI=1S/C16H21N3O2/c1-11(2)18-14-7-5-6-13-12(14)8-9-17-16(13)19(3)10-15(20)21-4/h5-9,11,18H,10H2,1-4H3. The molecule has 0 bridgehead atoms. The summed E-state index contributed by atoms with van der Waals surface area (Å²) in [6.07, 6.45) is 1.76. The second-order valence-electron chi connectivity index (χ2n) is 5.27. The van der Waals surface area contributed by atoms with Crippen LogP contribution in [0.25, 0.3) is 10.8 Å². The maximum Gasteiger partial charge on any atom is 0.325 e. The summed E-state index contributed by atoms with van der Waals surface area (Å²) in [7, 11) is 3.22. The van der Waals surface area contributed by atoms with Crippen LogP contribution in [0.3, 0.4) is 0 Å². The van der Waals surface area contributed by atoms with E-state index >= 15 is 0 Å². The first kappa shape index (κ1) is 15.1. The summed E-state index contributed by atoms with van der Waals surface area (Å²) in [5, 5.41) is 5.53. The highest BCUT2D eigenvalue weighted by Gasteiger charge is 2.13. The fourth-order valence-electron chi connectivity index (χ4n) is 2.27. The molecule has 2 rings (SSSR count). The van der Waals surface area contributed by atoms with Crippen molar-refractivity contribution in [2.24, 2.45) is 0 Å². The third kappa shape index (κ3) is 3.42. The van der Waals surface area contributed by atoms with Gasteiger partial charge in [0.1, 0.15) is 12.4 Å². The van der Waals surface area contributed by atoms with Crippen molar-refractivity contribution in [1.82, 2.24) is 4.98 Å². The van der Waals surface area contributed by atoms with Crippen LogP contribution in [-0.4, -0.2) is 37.7 Å². The molecule has 1 aromatic carbocycles. The number of pyridine rings is 1. The molecule has 0 radical (unpaired) electrons. The van der Waals surface area contributed by atoms with E-state index in [1.807, 2.05) is 31.3 Å². The van der Waals surface area contributed by atoms with Crippen LogP contribution in [0.1, 0.15) is 13.8 Å². The Hall–Kier alpha value is -2.30. The topological polar surface area (TPSA) is 54.5 Å². The van der Waals surface area contributed by atoms with Gasteiger partial charge in [-0.25, -0.2) is 4.98 Å². The lowest BCUT2D eigenvalue weighted by Gasteiger charge is -2.20. The maximum absolute atomic E-state index is 11.4. The predicted octanol–water partition coefficient (Wildman–Crippen LogP) is 2.66. The van der Waals surface area contributed by atoms with Gasteiger partial charge in [0, 0.05) is 35.7 Å². The zero-order chi connectivity index (χ0) is 15.4. The highest BCUT2D eigenvalue weighted by Crippen LogP contribution is 2.29. The molecule has 0 unspecified atom stereocenters. The van der Waals surface area contributed by atoms with Gasteiger partial charge in [0.25, 0.3) is 0 Å². The van der Waals surface area contributed by atoms with E-state index in [1.165, 1.54) is 7.11 Å². The Morgan fingerprint density at radius 2 is 2.10 bits per heavy atom. The van der Waals surface area contributed by atoms with Crippen molar-refractivity contribution >= 4 is 28.2 Å². The molecule has 1 aromatic heterocycles. The normalized spacial score (nSPS) is 10.7. The Morgan fingerprint density at radius 3 is 2.76 bits per heavy atom. The van der Waals surface area contributed by atoms with Gasteiger partial charge in [-0.05, 0) is 26.0 Å². The van der Waals surface area contributed by atoms with Crippen molar-refractivity contribution in [3.8, 4) is 0 Å². The zero-order valence-electron chi connectivity index (χ0n) is 12.9. The summed E-state index contributed by atoms with van der Waals surface area (Å²) < 4.78 is 4.71. The van der Waals surface area contributed by atoms with Gasteiger partial charge in [-0.1, -0.05) is 12.1 Å². The number of rotatable bonds is 5. The van der Waals surface area contributed by atoms with Crippen molar-refractivity contribution < 1.29 is 9.53 Å². The smallest absolute Gasteiger partial charge is 0.325 e. The van der Waals surface area contributed by atoms with E-state index in [4.69, 9.17) is 4.74 Å². The number of hydrogen-bond donors (Lipinski definition) is 1. The second kappa shape index (κ2) is 6.43. The molecule has 0 aliphatic carbocycles. The number of benzene rings is 1. The molecular weight excluding hydrogens is 266 g/mol. The van der Waals surface area contributed by atoms with Gasteiger partial charge in [-0.2, -0.15) is 0 Å². The van der Waals surface area contributed by atoms with E-state index in [0.29, 0.717) is 6.04 Å². The Balaban J connectivity index is 2.44. The molecular formula is C16H21N3O2. The first-order valence-electron chi connectivity index (χ1n) is 6.95. The lowest BCUT2D eigenvalue weighted by atomic mass is 10.1. The number of hydrogen-bond acceptors (Lipinski definition) is 5. The highest BCUT2D eigenvalue weighted by molar-refractivity contribution is 6.00. The Labute approximate surface area is 124 Å². The first-order valence-corrected chi connectivity index (χ1v) is 6.95. The lowest BCUT2D eigenvalue weighted by molar-refractivity contribution is -0.138. The average Bonchev–Trinajstić information content (AvgIpc) is 2.46. The molecule has 112 valence electrons. The highest BCUT2D eigenvalue weighted by atomic mass is 16.5. The molecule has 0 aliphatic heterocycles. The second-order valence-corrected chi connectivity index (χ2v) is 5.27. The third-order valence-electron chi connectivity index (χ3n) is 3.18. The number of aromatic nitrogens is 1. The molecule has 0 spiro atoms. The third-order valence-corrected chi connectivity index (χ3v) is 3.18. The van der Waals surface area contributed by atoms with E-state index in [2.05, 4.69) is 24.1 Å². The van der Waals surface area contributed by atoms with E-state index in [9.17, 15) is 4.79 Å². The fourth-order valence-corrected chi connectivity index (χ4v) is 2.27. The number of ether oxygens (including phenoxy) is 1. The van der Waals surface area contributed by atoms with Crippen molar-refractivity contribution in [3.05, 3.63) is 30.5 Å². The first-order chi connectivity index (χ1) is 10.0. The van der Waals surface area contributed by atoms with E-state index in [0.717, 1.165) is 22.3 Å². The van der Waals surface area contributed by atoms with Crippen molar-refractivity contribution in [1.29, 1.82) is 0 Å². The van der Waals surface area contributed by atoms with Crippen LogP contribution < -0.4 is 10.2 Å². The Bertz CT molecular complexity index is 640. The van der Waals surface area contributed by atoms with Gasteiger partial charge in [0.05, 0.1) is 7.11 Å². The largest absolute Gasteiger partial charge is 0.468 e.